The Kier molecular flexibility index (Phi) is 7.68. The molecule has 8 heteroatoms. The number of benzene rings is 2. The number of hydrogen-bond donors (Lipinski definition) is 0. The summed E-state index contributed by atoms with van der Waals surface area (Å²) in [7, 11) is -3.59. The van der Waals surface area contributed by atoms with Crippen LogP contribution in [0.1, 0.15) is 32.1 Å². The zero-order valence-electron chi connectivity index (χ0n) is 19.8. The summed E-state index contributed by atoms with van der Waals surface area (Å²) >= 11 is 1.70. The van der Waals surface area contributed by atoms with Crippen LogP contribution in [0.3, 0.4) is 0 Å². The van der Waals surface area contributed by atoms with E-state index in [0.717, 1.165) is 47.6 Å². The van der Waals surface area contributed by atoms with Crippen LogP contribution in [0, 0.1) is 0 Å². The Balaban J connectivity index is 1.16. The van der Waals surface area contributed by atoms with Crippen LogP contribution in [-0.4, -0.2) is 75.9 Å². The van der Waals surface area contributed by atoms with Crippen molar-refractivity contribution in [3.05, 3.63) is 48.5 Å². The van der Waals surface area contributed by atoms with Crippen molar-refractivity contribution >= 4 is 27.5 Å². The first-order valence-corrected chi connectivity index (χ1v) is 15.0. The summed E-state index contributed by atoms with van der Waals surface area (Å²) in [4.78, 5) is 6.58. The predicted octanol–water partition coefficient (Wildman–Crippen LogP) is 4.32. The van der Waals surface area contributed by atoms with Gasteiger partial charge in [-0.05, 0) is 63.0 Å². The van der Waals surface area contributed by atoms with E-state index in [4.69, 9.17) is 4.74 Å². The summed E-state index contributed by atoms with van der Waals surface area (Å²) in [6.45, 7) is 6.91. The molecule has 0 aromatic heterocycles. The van der Waals surface area contributed by atoms with Gasteiger partial charge in [0.1, 0.15) is 5.75 Å². The first kappa shape index (κ1) is 24.0. The normalized spacial score (nSPS) is 20.4. The number of ether oxygens (including phenoxy) is 1. The number of hydrogen-bond acceptors (Lipinski definition) is 6. The van der Waals surface area contributed by atoms with Crippen molar-refractivity contribution in [3.63, 3.8) is 0 Å². The van der Waals surface area contributed by atoms with Crippen LogP contribution >= 0.6 is 11.8 Å². The highest BCUT2D eigenvalue weighted by Gasteiger charge is 2.30. The van der Waals surface area contributed by atoms with E-state index in [1.807, 2.05) is 24.3 Å². The lowest BCUT2D eigenvalue weighted by molar-refractivity contribution is 0.130. The van der Waals surface area contributed by atoms with Crippen molar-refractivity contribution in [1.29, 1.82) is 0 Å². The SMILES string of the molecule is O=S(=O)(c1ccccc1)N1CCSc2ccc(OCCCN3CCCN(C4CCC4)CC3)cc21. The molecule has 1 saturated carbocycles. The van der Waals surface area contributed by atoms with Gasteiger partial charge in [0.05, 0.1) is 17.2 Å². The van der Waals surface area contributed by atoms with Crippen LogP contribution in [0.25, 0.3) is 0 Å². The lowest BCUT2D eigenvalue weighted by Gasteiger charge is -2.36. The predicted molar refractivity (Wildman–Crippen MR) is 139 cm³/mol. The highest BCUT2D eigenvalue weighted by atomic mass is 32.2. The van der Waals surface area contributed by atoms with Gasteiger partial charge >= 0.3 is 0 Å². The fourth-order valence-electron chi connectivity index (χ4n) is 5.04. The lowest BCUT2D eigenvalue weighted by atomic mass is 9.91. The molecule has 2 aromatic carbocycles. The summed E-state index contributed by atoms with van der Waals surface area (Å²) in [6.07, 6.45) is 6.40. The Bertz CT molecular complexity index is 1060. The number of thioether (sulfide) groups is 1. The zero-order valence-corrected chi connectivity index (χ0v) is 21.4. The smallest absolute Gasteiger partial charge is 0.264 e. The summed E-state index contributed by atoms with van der Waals surface area (Å²) in [6, 6.07) is 15.4. The van der Waals surface area contributed by atoms with Crippen LogP contribution in [0.5, 0.6) is 5.75 Å². The molecule has 0 N–H and O–H groups in total. The summed E-state index contributed by atoms with van der Waals surface area (Å²) in [5, 5.41) is 0. The van der Waals surface area contributed by atoms with Crippen LogP contribution < -0.4 is 9.04 Å². The van der Waals surface area contributed by atoms with E-state index >= 15 is 0 Å². The number of fused-ring (bicyclic) bond motifs is 1. The molecule has 0 unspecified atom stereocenters. The van der Waals surface area contributed by atoms with E-state index < -0.39 is 10.0 Å². The van der Waals surface area contributed by atoms with E-state index in [1.165, 1.54) is 49.6 Å². The van der Waals surface area contributed by atoms with Gasteiger partial charge in [0.15, 0.2) is 0 Å². The molecule has 184 valence electrons. The van der Waals surface area contributed by atoms with E-state index in [0.29, 0.717) is 18.0 Å². The highest BCUT2D eigenvalue weighted by Crippen LogP contribution is 2.40. The van der Waals surface area contributed by atoms with E-state index in [-0.39, 0.29) is 0 Å². The van der Waals surface area contributed by atoms with E-state index in [1.54, 1.807) is 36.0 Å². The summed E-state index contributed by atoms with van der Waals surface area (Å²) in [5.74, 6) is 1.48. The van der Waals surface area contributed by atoms with Gasteiger partial charge in [-0.2, -0.15) is 0 Å². The van der Waals surface area contributed by atoms with Crippen molar-refractivity contribution in [1.82, 2.24) is 9.80 Å². The second-order valence-corrected chi connectivity index (χ2v) is 12.4. The fourth-order valence-corrected chi connectivity index (χ4v) is 7.69. The molecule has 0 atom stereocenters. The van der Waals surface area contributed by atoms with Crippen LogP contribution in [-0.2, 0) is 10.0 Å². The van der Waals surface area contributed by atoms with E-state index in [9.17, 15) is 8.42 Å². The molecule has 0 spiro atoms. The van der Waals surface area contributed by atoms with Gasteiger partial charge in [-0.25, -0.2) is 8.42 Å². The molecule has 34 heavy (non-hydrogen) atoms. The molecule has 1 saturated heterocycles. The molecule has 0 amide bonds. The third kappa shape index (κ3) is 5.40. The van der Waals surface area contributed by atoms with Crippen LogP contribution in [0.2, 0.25) is 0 Å². The van der Waals surface area contributed by atoms with Gasteiger partial charge in [0.25, 0.3) is 10.0 Å². The van der Waals surface area contributed by atoms with E-state index in [2.05, 4.69) is 9.80 Å². The molecule has 1 aliphatic carbocycles. The van der Waals surface area contributed by atoms with Gasteiger partial charge in [-0.3, -0.25) is 9.21 Å². The van der Waals surface area contributed by atoms with Gasteiger partial charge in [-0.1, -0.05) is 24.6 Å². The Labute approximate surface area is 208 Å². The molecular weight excluding hydrogens is 466 g/mol. The molecule has 0 radical (unpaired) electrons. The first-order valence-electron chi connectivity index (χ1n) is 12.6. The van der Waals surface area contributed by atoms with Crippen molar-refractivity contribution in [2.75, 3.05) is 55.9 Å². The van der Waals surface area contributed by atoms with Gasteiger partial charge < -0.3 is 9.64 Å². The molecule has 6 nitrogen and oxygen atoms in total. The molecular formula is C26H35N3O3S2. The van der Waals surface area contributed by atoms with Gasteiger partial charge in [-0.15, -0.1) is 11.8 Å². The topological polar surface area (TPSA) is 53.1 Å². The molecule has 3 aliphatic rings. The van der Waals surface area contributed by atoms with Gasteiger partial charge in [0.2, 0.25) is 0 Å². The average Bonchev–Trinajstić information content (AvgIpc) is 3.06. The average molecular weight is 502 g/mol. The van der Waals surface area contributed by atoms with Crippen LogP contribution in [0.15, 0.2) is 58.3 Å². The number of nitrogens with zero attached hydrogens (tertiary/aromatic N) is 3. The third-order valence-corrected chi connectivity index (χ3v) is 10.1. The maximum Gasteiger partial charge on any atom is 0.264 e. The maximum absolute atomic E-state index is 13.3. The molecule has 2 aliphatic heterocycles. The fraction of sp³-hybridized carbons (Fsp3) is 0.538. The zero-order chi connectivity index (χ0) is 23.4. The maximum atomic E-state index is 13.3. The van der Waals surface area contributed by atoms with Crippen molar-refractivity contribution in [2.24, 2.45) is 0 Å². The Morgan fingerprint density at radius 1 is 0.941 bits per heavy atom. The third-order valence-electron chi connectivity index (χ3n) is 7.18. The molecule has 2 aromatic rings. The number of anilines is 1. The summed E-state index contributed by atoms with van der Waals surface area (Å²) < 4.78 is 34.2. The van der Waals surface area contributed by atoms with Crippen molar-refractivity contribution < 1.29 is 13.2 Å². The van der Waals surface area contributed by atoms with Gasteiger partial charge in [0, 0.05) is 48.9 Å². The number of rotatable bonds is 8. The van der Waals surface area contributed by atoms with Crippen molar-refractivity contribution in [3.8, 4) is 5.75 Å². The van der Waals surface area contributed by atoms with Crippen molar-refractivity contribution in [2.45, 2.75) is 47.9 Å². The van der Waals surface area contributed by atoms with Crippen LogP contribution in [0.4, 0.5) is 5.69 Å². The molecule has 0 bridgehead atoms. The Hall–Kier alpha value is -1.74. The largest absolute Gasteiger partial charge is 0.493 e. The molecule has 2 heterocycles. The Morgan fingerprint density at radius 3 is 2.59 bits per heavy atom. The first-order chi connectivity index (χ1) is 16.6. The second-order valence-electron chi connectivity index (χ2n) is 9.39. The standard InChI is InChI=1S/C26H35N3O3S2/c30-34(31,24-9-2-1-3-10-24)29-18-20-33-26-12-11-23(21-25(26)29)32-19-6-14-27-13-5-15-28(17-16-27)22-7-4-8-22/h1-3,9-12,21-22H,4-8,13-20H2. The quantitative estimate of drug-likeness (QED) is 0.503. The molecule has 2 fully saturated rings. The number of sulfonamides is 1. The minimum atomic E-state index is -3.59. The highest BCUT2D eigenvalue weighted by molar-refractivity contribution is 8.00. The molecule has 5 rings (SSSR count). The second kappa shape index (κ2) is 10.9. The minimum Gasteiger partial charge on any atom is -0.493 e. The minimum absolute atomic E-state index is 0.326. The lowest BCUT2D eigenvalue weighted by Crippen LogP contribution is -2.42. The monoisotopic (exact) mass is 501 g/mol. The Morgan fingerprint density at radius 2 is 1.79 bits per heavy atom. The summed E-state index contributed by atoms with van der Waals surface area (Å²) in [5.41, 5.74) is 0.723.